The fourth-order valence-corrected chi connectivity index (χ4v) is 5.35. The summed E-state index contributed by atoms with van der Waals surface area (Å²) in [6, 6.07) is 9.07. The Balaban J connectivity index is 1.97. The molecule has 2 N–H and O–H groups in total. The fraction of sp³-hybridized carbons (Fsp3) is 0.346. The maximum absolute atomic E-state index is 15.5. The zero-order valence-corrected chi connectivity index (χ0v) is 19.1. The van der Waals surface area contributed by atoms with Crippen molar-refractivity contribution in [2.45, 2.75) is 44.9 Å². The van der Waals surface area contributed by atoms with Crippen molar-refractivity contribution >= 4 is 22.9 Å². The molecule has 0 bridgehead atoms. The van der Waals surface area contributed by atoms with Crippen molar-refractivity contribution in [3.63, 3.8) is 0 Å². The number of aromatic amines is 1. The first-order chi connectivity index (χ1) is 15.4. The lowest BCUT2D eigenvalue weighted by atomic mass is 9.84. The molecule has 174 valence electrons. The third-order valence-corrected chi connectivity index (χ3v) is 6.73. The summed E-state index contributed by atoms with van der Waals surface area (Å²) in [4.78, 5) is 14.2. The summed E-state index contributed by atoms with van der Waals surface area (Å²) in [5.74, 6) is -2.78. The van der Waals surface area contributed by atoms with Crippen LogP contribution in [0.4, 0.5) is 13.2 Å². The number of aliphatic carboxylic acids is 1. The van der Waals surface area contributed by atoms with E-state index in [-0.39, 0.29) is 28.2 Å². The quantitative estimate of drug-likeness (QED) is 0.377. The van der Waals surface area contributed by atoms with E-state index in [0.717, 1.165) is 40.8 Å². The van der Waals surface area contributed by atoms with E-state index in [1.54, 1.807) is 0 Å². The molecule has 2 heterocycles. The Kier molecular flexibility index (Phi) is 5.65. The van der Waals surface area contributed by atoms with Crippen LogP contribution in [0.1, 0.15) is 49.2 Å². The molecule has 4 nitrogen and oxygen atoms in total. The molecule has 0 amide bonds. The van der Waals surface area contributed by atoms with Crippen LogP contribution < -0.4 is 0 Å². The molecule has 0 radical (unpaired) electrons. The highest BCUT2D eigenvalue weighted by Crippen LogP contribution is 2.47. The van der Waals surface area contributed by atoms with Crippen LogP contribution >= 0.6 is 0 Å². The van der Waals surface area contributed by atoms with Crippen LogP contribution in [0.5, 0.6) is 0 Å². The lowest BCUT2D eigenvalue weighted by Crippen LogP contribution is -2.61. The minimum absolute atomic E-state index is 0.0627. The van der Waals surface area contributed by atoms with Crippen molar-refractivity contribution < 1.29 is 27.6 Å². The summed E-state index contributed by atoms with van der Waals surface area (Å²) < 4.78 is 46.2. The Morgan fingerprint density at radius 2 is 1.88 bits per heavy atom. The van der Waals surface area contributed by atoms with Gasteiger partial charge in [-0.1, -0.05) is 18.2 Å². The number of para-hydroxylation sites is 1. The molecule has 33 heavy (non-hydrogen) atoms. The topological polar surface area (TPSA) is 53.1 Å². The average molecular weight is 458 g/mol. The number of carboxylic acids is 1. The van der Waals surface area contributed by atoms with Gasteiger partial charge in [0.05, 0.1) is 24.3 Å². The number of benzene rings is 2. The number of quaternary nitrogens is 1. The predicted octanol–water partition coefficient (Wildman–Crippen LogP) is 5.77. The van der Waals surface area contributed by atoms with E-state index in [1.165, 1.54) is 13.8 Å². The van der Waals surface area contributed by atoms with Crippen molar-refractivity contribution in [3.8, 4) is 0 Å². The normalized spacial score (nSPS) is 23.2. The van der Waals surface area contributed by atoms with E-state index in [0.29, 0.717) is 12.1 Å². The van der Waals surface area contributed by atoms with Gasteiger partial charge in [-0.3, -0.25) is 0 Å². The first-order valence-electron chi connectivity index (χ1n) is 10.9. The van der Waals surface area contributed by atoms with Crippen LogP contribution in [-0.4, -0.2) is 45.8 Å². The summed E-state index contributed by atoms with van der Waals surface area (Å²) in [5, 5.41) is 9.84. The average Bonchev–Trinajstić information content (AvgIpc) is 3.05. The van der Waals surface area contributed by atoms with Crippen LogP contribution in [0.3, 0.4) is 0 Å². The molecule has 0 aliphatic carbocycles. The highest BCUT2D eigenvalue weighted by molar-refractivity contribution is 5.86. The molecule has 2 aromatic carbocycles. The molecular weight excluding hydrogens is 429 g/mol. The number of nitrogens with zero attached hydrogens (tertiary/aromatic N) is 1. The zero-order valence-electron chi connectivity index (χ0n) is 19.1. The molecule has 3 atom stereocenters. The Morgan fingerprint density at radius 1 is 1.24 bits per heavy atom. The second-order valence-corrected chi connectivity index (χ2v) is 9.81. The minimum atomic E-state index is -1.57. The lowest BCUT2D eigenvalue weighted by Gasteiger charge is -2.50. The highest BCUT2D eigenvalue weighted by atomic mass is 19.1. The largest absolute Gasteiger partial charge is 0.478 e. The number of alkyl halides is 1. The maximum Gasteiger partial charge on any atom is 0.328 e. The second-order valence-electron chi connectivity index (χ2n) is 9.81. The summed E-state index contributed by atoms with van der Waals surface area (Å²) >= 11 is 0. The predicted molar refractivity (Wildman–Crippen MR) is 123 cm³/mol. The van der Waals surface area contributed by atoms with Gasteiger partial charge in [0, 0.05) is 23.4 Å². The molecule has 1 aliphatic heterocycles. The number of halogens is 3. The third-order valence-electron chi connectivity index (χ3n) is 6.73. The molecule has 0 spiro atoms. The number of hydrogen-bond acceptors (Lipinski definition) is 1. The molecule has 3 aromatic rings. The van der Waals surface area contributed by atoms with Crippen LogP contribution in [0.25, 0.3) is 17.0 Å². The van der Waals surface area contributed by atoms with E-state index >= 15 is 13.2 Å². The number of carboxylic acid groups (broad SMARTS) is 1. The zero-order chi connectivity index (χ0) is 24.1. The number of nitrogens with one attached hydrogen (secondary N) is 1. The summed E-state index contributed by atoms with van der Waals surface area (Å²) in [5.41, 5.74) is 0.943. The van der Waals surface area contributed by atoms with Gasteiger partial charge in [0.1, 0.15) is 18.2 Å². The van der Waals surface area contributed by atoms with Crippen LogP contribution in [-0.2, 0) is 11.2 Å². The monoisotopic (exact) mass is 457 g/mol. The van der Waals surface area contributed by atoms with E-state index in [1.807, 2.05) is 38.2 Å². The number of likely N-dealkylation sites (N-methyl/N-ethyl adjacent to an activating group) is 1. The standard InChI is InChI=1S/C26H27F3N2O2/c1-15-11-18-17-7-5-6-8-21(17)30-24(18)25(31(15,4)14-26(2,3)29)23-19(27)12-16(13-20(23)28)9-10-22(32)33/h5-10,12-13,15,25,30H,11,14H2,1-4H3/p+1/b10-9+/t15-,25?,31?/m1/s1. The van der Waals surface area contributed by atoms with Crippen LogP contribution in [0.15, 0.2) is 42.5 Å². The molecule has 1 aromatic heterocycles. The number of carbonyl (C=O) groups is 1. The number of rotatable bonds is 5. The van der Waals surface area contributed by atoms with Crippen LogP contribution in [0.2, 0.25) is 0 Å². The number of H-pyrrole nitrogens is 1. The minimum Gasteiger partial charge on any atom is -0.478 e. The Hall–Kier alpha value is -3.06. The maximum atomic E-state index is 15.5. The molecule has 4 rings (SSSR count). The van der Waals surface area contributed by atoms with Gasteiger partial charge in [0.15, 0.2) is 11.7 Å². The van der Waals surface area contributed by atoms with Crippen molar-refractivity contribution in [1.82, 2.24) is 4.98 Å². The van der Waals surface area contributed by atoms with Gasteiger partial charge in [-0.05, 0) is 56.2 Å². The number of aromatic nitrogens is 1. The number of hydrogen-bond donors (Lipinski definition) is 2. The van der Waals surface area contributed by atoms with Crippen molar-refractivity contribution in [2.24, 2.45) is 0 Å². The Bertz CT molecular complexity index is 1240. The Morgan fingerprint density at radius 3 is 2.48 bits per heavy atom. The third kappa shape index (κ3) is 4.17. The first-order valence-corrected chi connectivity index (χ1v) is 10.9. The van der Waals surface area contributed by atoms with Gasteiger partial charge in [-0.25, -0.2) is 18.0 Å². The highest BCUT2D eigenvalue weighted by Gasteiger charge is 2.51. The van der Waals surface area contributed by atoms with Gasteiger partial charge in [-0.2, -0.15) is 0 Å². The van der Waals surface area contributed by atoms with Crippen LogP contribution in [0, 0.1) is 11.6 Å². The fourth-order valence-electron chi connectivity index (χ4n) is 5.35. The molecule has 0 fully saturated rings. The van der Waals surface area contributed by atoms with E-state index in [4.69, 9.17) is 5.11 Å². The first kappa shape index (κ1) is 23.1. The van der Waals surface area contributed by atoms with Crippen molar-refractivity contribution in [2.75, 3.05) is 13.6 Å². The second kappa shape index (κ2) is 8.06. The van der Waals surface area contributed by atoms with Gasteiger partial charge < -0.3 is 14.6 Å². The van der Waals surface area contributed by atoms with E-state index in [2.05, 4.69) is 4.98 Å². The van der Waals surface area contributed by atoms with Crippen molar-refractivity contribution in [1.29, 1.82) is 0 Å². The van der Waals surface area contributed by atoms with E-state index < -0.39 is 29.3 Å². The van der Waals surface area contributed by atoms with E-state index in [9.17, 15) is 4.79 Å². The summed E-state index contributed by atoms with van der Waals surface area (Å²) in [6.07, 6.45) is 2.62. The SMILES string of the molecule is C[C@@H]1Cc2c([nH]c3ccccc23)C(c2c(F)cc(/C=C/C(=O)O)cc2F)[N+]1(C)CC(C)(C)F. The molecule has 2 unspecified atom stereocenters. The number of fused-ring (bicyclic) bond motifs is 3. The summed E-state index contributed by atoms with van der Waals surface area (Å²) in [7, 11) is 1.85. The Labute approximate surface area is 190 Å². The smallest absolute Gasteiger partial charge is 0.328 e. The molecule has 7 heteroatoms. The van der Waals surface area contributed by atoms with Gasteiger partial charge in [0.25, 0.3) is 0 Å². The molecule has 1 aliphatic rings. The van der Waals surface area contributed by atoms with Crippen molar-refractivity contribution in [3.05, 3.63) is 76.5 Å². The molecular formula is C26H28F3N2O2+. The van der Waals surface area contributed by atoms with Gasteiger partial charge in [-0.15, -0.1) is 0 Å². The van der Waals surface area contributed by atoms with Gasteiger partial charge >= 0.3 is 5.97 Å². The molecule has 0 saturated heterocycles. The lowest BCUT2D eigenvalue weighted by molar-refractivity contribution is -0.961. The summed E-state index contributed by atoms with van der Waals surface area (Å²) in [6.45, 7) is 5.01. The molecule has 0 saturated carbocycles. The van der Waals surface area contributed by atoms with Gasteiger partial charge in [0.2, 0.25) is 0 Å².